The fourth-order valence-electron chi connectivity index (χ4n) is 0.294. The van der Waals surface area contributed by atoms with Crippen LogP contribution in [0.15, 0.2) is 0 Å². The average Bonchev–Trinajstić information content (AvgIpc) is 1.80. The van der Waals surface area contributed by atoms with Gasteiger partial charge in [-0.15, -0.1) is 9.42 Å². The van der Waals surface area contributed by atoms with Crippen LogP contribution in [0.5, 0.6) is 0 Å². The van der Waals surface area contributed by atoms with E-state index >= 15 is 0 Å². The molecule has 0 aliphatic rings. The molecule has 1 atom stereocenters. The summed E-state index contributed by atoms with van der Waals surface area (Å²) in [5, 5.41) is 7.99. The van der Waals surface area contributed by atoms with Gasteiger partial charge in [-0.05, 0) is 6.42 Å². The molecule has 0 radical (unpaired) electrons. The third-order valence-electron chi connectivity index (χ3n) is 0.635. The first-order valence-corrected chi connectivity index (χ1v) is 3.56. The van der Waals surface area contributed by atoms with E-state index in [1.54, 1.807) is 0 Å². The third-order valence-corrected chi connectivity index (χ3v) is 1.04. The molecule has 5 nitrogen and oxygen atoms in total. The Kier molecular flexibility index (Phi) is 6.03. The van der Waals surface area contributed by atoms with E-state index < -0.39 is 8.25 Å². The van der Waals surface area contributed by atoms with Crippen molar-refractivity contribution in [2.75, 3.05) is 13.2 Å². The Morgan fingerprint density at radius 1 is 1.67 bits per heavy atom. The number of hydrogen-bond donors (Lipinski definition) is 3. The highest BCUT2D eigenvalue weighted by Crippen LogP contribution is 2.13. The van der Waals surface area contributed by atoms with Gasteiger partial charge in [-0.1, -0.05) is 0 Å². The standard InChI is InChI=1S/C3H8NO4P/c5-4-2-1-3-8-9(6)7/h4-5H,1-3H2/p+1. The molecular formula is C3H9NO4P+. The molecule has 0 aromatic rings. The molecule has 0 saturated heterocycles. The number of nitrogens with one attached hydrogen (secondary N) is 1. The zero-order valence-electron chi connectivity index (χ0n) is 4.78. The van der Waals surface area contributed by atoms with E-state index in [2.05, 4.69) is 4.52 Å². The number of hydroxylamine groups is 1. The molecule has 0 aromatic carbocycles. The fourth-order valence-corrected chi connectivity index (χ4v) is 0.579. The predicted octanol–water partition coefficient (Wildman–Crippen LogP) is 0.0216. The van der Waals surface area contributed by atoms with Crippen LogP contribution in [0, 0.1) is 0 Å². The maximum atomic E-state index is 9.81. The molecule has 1 unspecified atom stereocenters. The van der Waals surface area contributed by atoms with Crippen LogP contribution in [0.4, 0.5) is 0 Å². The van der Waals surface area contributed by atoms with Crippen molar-refractivity contribution in [1.29, 1.82) is 0 Å². The monoisotopic (exact) mass is 154 g/mol. The van der Waals surface area contributed by atoms with Crippen molar-refractivity contribution < 1.29 is 19.2 Å². The van der Waals surface area contributed by atoms with Gasteiger partial charge in [-0.3, -0.25) is 0 Å². The van der Waals surface area contributed by atoms with Crippen molar-refractivity contribution in [3.63, 3.8) is 0 Å². The van der Waals surface area contributed by atoms with E-state index in [4.69, 9.17) is 10.1 Å². The van der Waals surface area contributed by atoms with Gasteiger partial charge in [0, 0.05) is 11.1 Å². The van der Waals surface area contributed by atoms with Gasteiger partial charge in [-0.25, -0.2) is 5.48 Å². The summed E-state index contributed by atoms with van der Waals surface area (Å²) in [6, 6.07) is 0. The topological polar surface area (TPSA) is 78.8 Å². The Morgan fingerprint density at radius 3 is 2.78 bits per heavy atom. The minimum Gasteiger partial charge on any atom is -0.317 e. The highest BCUT2D eigenvalue weighted by molar-refractivity contribution is 7.32. The van der Waals surface area contributed by atoms with Gasteiger partial charge in [0.15, 0.2) is 0 Å². The molecule has 54 valence electrons. The van der Waals surface area contributed by atoms with Crippen molar-refractivity contribution in [3.8, 4) is 0 Å². The molecule has 0 bridgehead atoms. The number of rotatable bonds is 5. The second kappa shape index (κ2) is 6.07. The smallest absolute Gasteiger partial charge is 0.317 e. The molecule has 3 N–H and O–H groups in total. The van der Waals surface area contributed by atoms with Gasteiger partial charge in [-0.2, -0.15) is 0 Å². The molecule has 0 aromatic heterocycles. The first-order chi connectivity index (χ1) is 4.27. The lowest BCUT2D eigenvalue weighted by molar-refractivity contribution is 0.156. The summed E-state index contributed by atoms with van der Waals surface area (Å²) < 4.78 is 14.1. The molecule has 0 aliphatic carbocycles. The molecule has 9 heavy (non-hydrogen) atoms. The second-order valence-corrected chi connectivity index (χ2v) is 2.07. The van der Waals surface area contributed by atoms with Gasteiger partial charge in [0.25, 0.3) is 0 Å². The van der Waals surface area contributed by atoms with Crippen LogP contribution < -0.4 is 5.48 Å². The Bertz CT molecular complexity index is 87.9. The minimum absolute atomic E-state index is 0.180. The molecule has 0 saturated carbocycles. The van der Waals surface area contributed by atoms with E-state index in [9.17, 15) is 4.57 Å². The van der Waals surface area contributed by atoms with Crippen molar-refractivity contribution >= 4 is 8.25 Å². The molecule has 0 fully saturated rings. The van der Waals surface area contributed by atoms with Crippen LogP contribution in [-0.2, 0) is 9.09 Å². The fraction of sp³-hybridized carbons (Fsp3) is 1.00. The largest absolute Gasteiger partial charge is 0.694 e. The first kappa shape index (κ1) is 8.94. The van der Waals surface area contributed by atoms with Gasteiger partial charge in [0.05, 0.1) is 0 Å². The normalized spacial score (nSPS) is 11.6. The summed E-state index contributed by atoms with van der Waals surface area (Å²) in [6.45, 7) is 0.544. The maximum Gasteiger partial charge on any atom is 0.694 e. The third kappa shape index (κ3) is 7.94. The van der Waals surface area contributed by atoms with Gasteiger partial charge < -0.3 is 5.21 Å². The average molecular weight is 154 g/mol. The predicted molar refractivity (Wildman–Crippen MR) is 30.2 cm³/mol. The lowest BCUT2D eigenvalue weighted by Crippen LogP contribution is -2.10. The second-order valence-electron chi connectivity index (χ2n) is 1.33. The Morgan fingerprint density at radius 2 is 2.33 bits per heavy atom. The lowest BCUT2D eigenvalue weighted by Gasteiger charge is -1.89. The number of hydrogen-bond acceptors (Lipinski definition) is 4. The van der Waals surface area contributed by atoms with Crippen molar-refractivity contribution in [1.82, 2.24) is 5.48 Å². The molecule has 0 aliphatic heterocycles. The first-order valence-electron chi connectivity index (χ1n) is 2.43. The van der Waals surface area contributed by atoms with E-state index in [1.807, 2.05) is 5.48 Å². The summed E-state index contributed by atoms with van der Waals surface area (Å²) in [6.07, 6.45) is 0.512. The molecule has 0 amide bonds. The maximum absolute atomic E-state index is 9.81. The Labute approximate surface area is 53.6 Å². The van der Waals surface area contributed by atoms with E-state index in [0.29, 0.717) is 13.0 Å². The molecule has 0 spiro atoms. The minimum atomic E-state index is -2.48. The highest BCUT2D eigenvalue weighted by atomic mass is 31.1. The van der Waals surface area contributed by atoms with Crippen molar-refractivity contribution in [3.05, 3.63) is 0 Å². The molecule has 0 heterocycles. The van der Waals surface area contributed by atoms with Gasteiger partial charge in [0.1, 0.15) is 6.61 Å². The van der Waals surface area contributed by atoms with E-state index in [-0.39, 0.29) is 6.61 Å². The van der Waals surface area contributed by atoms with Crippen LogP contribution in [-0.4, -0.2) is 23.3 Å². The molecule has 0 rings (SSSR count). The van der Waals surface area contributed by atoms with Gasteiger partial charge in [0.2, 0.25) is 0 Å². The van der Waals surface area contributed by atoms with Crippen LogP contribution in [0.3, 0.4) is 0 Å². The summed E-state index contributed by atoms with van der Waals surface area (Å²) >= 11 is 0. The zero-order chi connectivity index (χ0) is 7.11. The van der Waals surface area contributed by atoms with Crippen molar-refractivity contribution in [2.24, 2.45) is 0 Å². The van der Waals surface area contributed by atoms with Crippen LogP contribution >= 0.6 is 8.25 Å². The van der Waals surface area contributed by atoms with Crippen LogP contribution in [0.25, 0.3) is 0 Å². The summed E-state index contributed by atoms with van der Waals surface area (Å²) in [5.74, 6) is 0. The van der Waals surface area contributed by atoms with E-state index in [0.717, 1.165) is 0 Å². The van der Waals surface area contributed by atoms with Crippen LogP contribution in [0.1, 0.15) is 6.42 Å². The Balaban J connectivity index is 2.83. The zero-order valence-corrected chi connectivity index (χ0v) is 5.67. The highest BCUT2D eigenvalue weighted by Gasteiger charge is 2.09. The Hall–Kier alpha value is -0.0600. The van der Waals surface area contributed by atoms with E-state index in [1.165, 1.54) is 0 Å². The molecule has 6 heteroatoms. The summed E-state index contributed by atoms with van der Waals surface area (Å²) in [7, 11) is -2.48. The van der Waals surface area contributed by atoms with Gasteiger partial charge >= 0.3 is 8.25 Å². The lowest BCUT2D eigenvalue weighted by atomic mass is 10.5. The summed E-state index contributed by atoms with van der Waals surface area (Å²) in [4.78, 5) is 8.06. The molecular weight excluding hydrogens is 145 g/mol. The van der Waals surface area contributed by atoms with Crippen LogP contribution in [0.2, 0.25) is 0 Å². The summed E-state index contributed by atoms with van der Waals surface area (Å²) in [5.41, 5.74) is 1.88. The SMILES string of the molecule is O=[P+](O)OCCCNO. The quantitative estimate of drug-likeness (QED) is 0.295. The van der Waals surface area contributed by atoms with Crippen molar-refractivity contribution in [2.45, 2.75) is 6.42 Å².